The third-order valence-electron chi connectivity index (χ3n) is 5.31. The zero-order chi connectivity index (χ0) is 18.1. The highest BCUT2D eigenvalue weighted by molar-refractivity contribution is 6.17. The molecule has 0 N–H and O–H groups in total. The highest BCUT2D eigenvalue weighted by Crippen LogP contribution is 2.47. The molecule has 27 heavy (non-hydrogen) atoms. The van der Waals surface area contributed by atoms with Gasteiger partial charge < -0.3 is 23.7 Å². The van der Waals surface area contributed by atoms with Crippen LogP contribution in [0.1, 0.15) is 0 Å². The Bertz CT molecular complexity index is 1280. The summed E-state index contributed by atoms with van der Waals surface area (Å²) in [5, 5.41) is 5.25. The first kappa shape index (κ1) is 14.7. The van der Waals surface area contributed by atoms with Gasteiger partial charge in [0.25, 0.3) is 0 Å². The second-order valence-corrected chi connectivity index (χ2v) is 6.73. The van der Waals surface area contributed by atoms with Crippen molar-refractivity contribution in [3.05, 3.63) is 36.5 Å². The molecule has 0 radical (unpaired) electrons. The smallest absolute Gasteiger partial charge is 0.231 e. The Morgan fingerprint density at radius 2 is 1.63 bits per heavy atom. The Kier molecular flexibility index (Phi) is 2.76. The number of hydrogen-bond donors (Lipinski definition) is 0. The molecule has 0 atom stereocenters. The van der Waals surface area contributed by atoms with E-state index in [4.69, 9.17) is 23.7 Å². The molecule has 0 saturated carbocycles. The maximum atomic E-state index is 5.74. The summed E-state index contributed by atoms with van der Waals surface area (Å²) in [6, 6.07) is 10.2. The van der Waals surface area contributed by atoms with E-state index < -0.39 is 0 Å². The van der Waals surface area contributed by atoms with Crippen molar-refractivity contribution < 1.29 is 28.3 Å². The minimum absolute atomic E-state index is 0.223. The Balaban J connectivity index is 1.82. The minimum Gasteiger partial charge on any atom is -0.496 e. The molecule has 0 saturated heterocycles. The van der Waals surface area contributed by atoms with Gasteiger partial charge in [-0.3, -0.25) is 0 Å². The molecule has 4 aromatic rings. The lowest BCUT2D eigenvalue weighted by Gasteiger charge is -2.11. The minimum atomic E-state index is 0.223. The molecule has 2 aliphatic rings. The number of pyridine rings is 1. The van der Waals surface area contributed by atoms with Gasteiger partial charge in [0, 0.05) is 11.5 Å². The zero-order valence-corrected chi connectivity index (χ0v) is 14.9. The second-order valence-electron chi connectivity index (χ2n) is 6.73. The molecule has 0 aliphatic carbocycles. The fourth-order valence-electron chi connectivity index (χ4n) is 4.14. The van der Waals surface area contributed by atoms with Crippen molar-refractivity contribution in [2.75, 3.05) is 20.7 Å². The molecule has 0 amide bonds. The number of hydrogen-bond acceptors (Lipinski definition) is 5. The molecule has 2 aliphatic heterocycles. The maximum Gasteiger partial charge on any atom is 0.231 e. The Hall–Kier alpha value is -3.41. The van der Waals surface area contributed by atoms with Crippen LogP contribution < -0.4 is 28.3 Å². The van der Waals surface area contributed by atoms with Crippen molar-refractivity contribution in [2.24, 2.45) is 7.05 Å². The molecule has 0 unspecified atom stereocenters. The van der Waals surface area contributed by atoms with Crippen molar-refractivity contribution in [2.45, 2.75) is 0 Å². The average Bonchev–Trinajstić information content (AvgIpc) is 3.33. The zero-order valence-electron chi connectivity index (χ0n) is 14.9. The molecule has 0 bridgehead atoms. The molecular formula is C21H16NO5+. The first-order chi connectivity index (χ1) is 13.2. The van der Waals surface area contributed by atoms with Gasteiger partial charge in [0.05, 0.1) is 23.3 Å². The molecule has 3 aromatic carbocycles. The predicted octanol–water partition coefficient (Wildman–Crippen LogP) is 3.44. The van der Waals surface area contributed by atoms with E-state index >= 15 is 0 Å². The third-order valence-corrected chi connectivity index (χ3v) is 5.31. The number of fused-ring (bicyclic) bond motifs is 8. The van der Waals surface area contributed by atoms with E-state index in [1.165, 1.54) is 0 Å². The number of aryl methyl sites for hydroxylation is 1. The summed E-state index contributed by atoms with van der Waals surface area (Å²) in [6.45, 7) is 0.483. The number of methoxy groups -OCH3 is 1. The van der Waals surface area contributed by atoms with Gasteiger partial charge in [0.2, 0.25) is 19.1 Å². The van der Waals surface area contributed by atoms with Crippen LogP contribution in [0.2, 0.25) is 0 Å². The van der Waals surface area contributed by atoms with Crippen LogP contribution in [0.4, 0.5) is 0 Å². The van der Waals surface area contributed by atoms with Crippen LogP contribution in [0, 0.1) is 0 Å². The van der Waals surface area contributed by atoms with Gasteiger partial charge >= 0.3 is 0 Å². The second kappa shape index (κ2) is 5.07. The topological polar surface area (TPSA) is 50.0 Å². The van der Waals surface area contributed by atoms with Crippen LogP contribution in [-0.2, 0) is 7.05 Å². The Labute approximate surface area is 154 Å². The largest absolute Gasteiger partial charge is 0.496 e. The summed E-state index contributed by atoms with van der Waals surface area (Å²) >= 11 is 0. The molecule has 1 aromatic heterocycles. The fourth-order valence-corrected chi connectivity index (χ4v) is 4.14. The van der Waals surface area contributed by atoms with Gasteiger partial charge in [-0.2, -0.15) is 4.57 Å². The van der Waals surface area contributed by atoms with Crippen molar-refractivity contribution in [3.8, 4) is 28.7 Å². The lowest BCUT2D eigenvalue weighted by Crippen LogP contribution is -2.28. The number of aromatic nitrogens is 1. The van der Waals surface area contributed by atoms with Gasteiger partial charge in [0.1, 0.15) is 12.8 Å². The van der Waals surface area contributed by atoms with Gasteiger partial charge in [-0.25, -0.2) is 0 Å². The van der Waals surface area contributed by atoms with Crippen LogP contribution in [0.25, 0.3) is 32.4 Å². The molecule has 134 valence electrons. The first-order valence-corrected chi connectivity index (χ1v) is 8.69. The van der Waals surface area contributed by atoms with Crippen LogP contribution >= 0.6 is 0 Å². The lowest BCUT2D eigenvalue weighted by molar-refractivity contribution is -0.642. The number of ether oxygens (including phenoxy) is 5. The van der Waals surface area contributed by atoms with Crippen molar-refractivity contribution in [3.63, 3.8) is 0 Å². The van der Waals surface area contributed by atoms with Crippen LogP contribution in [0.3, 0.4) is 0 Å². The molecular weight excluding hydrogens is 346 g/mol. The summed E-state index contributed by atoms with van der Waals surface area (Å²) in [5.41, 5.74) is 1.09. The molecule has 6 rings (SSSR count). The van der Waals surface area contributed by atoms with Crippen LogP contribution in [0.15, 0.2) is 36.5 Å². The summed E-state index contributed by atoms with van der Waals surface area (Å²) in [7, 11) is 3.71. The molecule has 6 heteroatoms. The van der Waals surface area contributed by atoms with E-state index in [1.54, 1.807) is 7.11 Å². The van der Waals surface area contributed by atoms with Gasteiger partial charge in [-0.05, 0) is 23.6 Å². The van der Waals surface area contributed by atoms with Crippen molar-refractivity contribution in [1.82, 2.24) is 0 Å². The van der Waals surface area contributed by atoms with Crippen molar-refractivity contribution in [1.29, 1.82) is 0 Å². The van der Waals surface area contributed by atoms with E-state index in [9.17, 15) is 0 Å². The standard InChI is InChI=1S/C21H16NO5/c1-22-8-14-19(17(23-2)7-18-21(14)27-10-26-18)12-4-3-11-5-15-16(25-9-24-15)6-13(11)20(12)22/h3-8H,9-10H2,1-2H3/q+1. The Morgan fingerprint density at radius 1 is 0.852 bits per heavy atom. The molecule has 3 heterocycles. The normalized spacial score (nSPS) is 14.4. The van der Waals surface area contributed by atoms with E-state index in [0.29, 0.717) is 5.75 Å². The quantitative estimate of drug-likeness (QED) is 0.384. The van der Waals surface area contributed by atoms with Gasteiger partial charge in [-0.1, -0.05) is 6.07 Å². The van der Waals surface area contributed by atoms with E-state index in [1.807, 2.05) is 25.2 Å². The molecule has 0 fully saturated rings. The number of rotatable bonds is 1. The van der Waals surface area contributed by atoms with Crippen LogP contribution in [0.5, 0.6) is 28.7 Å². The summed E-state index contributed by atoms with van der Waals surface area (Å²) < 4.78 is 30.2. The highest BCUT2D eigenvalue weighted by Gasteiger charge is 2.27. The van der Waals surface area contributed by atoms with Gasteiger partial charge in [0.15, 0.2) is 29.2 Å². The third kappa shape index (κ3) is 1.87. The SMILES string of the molecule is COc1cc2c(c3c[n+](C)c4c5cc6c(cc5ccc4c13)OCO6)OCO2. The fraction of sp³-hybridized carbons (Fsp3) is 0.190. The summed E-state index contributed by atoms with van der Waals surface area (Å²) in [6.07, 6.45) is 2.07. The maximum absolute atomic E-state index is 5.74. The van der Waals surface area contributed by atoms with Gasteiger partial charge in [-0.15, -0.1) is 0 Å². The Morgan fingerprint density at radius 3 is 2.48 bits per heavy atom. The highest BCUT2D eigenvalue weighted by atomic mass is 16.7. The summed E-state index contributed by atoms with van der Waals surface area (Å²) in [5.74, 6) is 3.79. The van der Waals surface area contributed by atoms with Crippen LogP contribution in [-0.4, -0.2) is 20.7 Å². The lowest BCUT2D eigenvalue weighted by atomic mass is 9.99. The van der Waals surface area contributed by atoms with Crippen molar-refractivity contribution >= 4 is 32.4 Å². The molecule has 6 nitrogen and oxygen atoms in total. The first-order valence-electron chi connectivity index (χ1n) is 8.69. The number of benzene rings is 3. The number of nitrogens with zero attached hydrogens (tertiary/aromatic N) is 1. The monoisotopic (exact) mass is 362 g/mol. The molecule has 0 spiro atoms. The van der Waals surface area contributed by atoms with E-state index in [-0.39, 0.29) is 13.6 Å². The summed E-state index contributed by atoms with van der Waals surface area (Å²) in [4.78, 5) is 0. The average molecular weight is 362 g/mol. The van der Waals surface area contributed by atoms with E-state index in [2.05, 4.69) is 22.9 Å². The predicted molar refractivity (Wildman–Crippen MR) is 98.9 cm³/mol. The van der Waals surface area contributed by atoms with E-state index in [0.717, 1.165) is 55.4 Å².